The highest BCUT2D eigenvalue weighted by molar-refractivity contribution is 6.09. The topological polar surface area (TPSA) is 77.8 Å². The van der Waals surface area contributed by atoms with Crippen LogP contribution in [0.5, 0.6) is 0 Å². The lowest BCUT2D eigenvalue weighted by Gasteiger charge is -2.13. The first-order chi connectivity index (χ1) is 24.7. The van der Waals surface area contributed by atoms with Crippen LogP contribution < -0.4 is 0 Å². The maximum atomic E-state index is 6.32. The Labute approximate surface area is 286 Å². The van der Waals surface area contributed by atoms with E-state index in [1.165, 1.54) is 0 Å². The van der Waals surface area contributed by atoms with Crippen molar-refractivity contribution in [3.05, 3.63) is 158 Å². The molecule has 0 aliphatic rings. The molecule has 0 aliphatic heterocycles. The molecule has 50 heavy (non-hydrogen) atoms. The SMILES string of the molecule is c1ccc(-c2nc(-c3ccccc3)nc(-c3ccc(-c4cccc(-c5nc6cc7c(cc6o5)oc5ccccc57)c4)c4ccccc34)n2)cc1. The lowest BCUT2D eigenvalue weighted by Crippen LogP contribution is -2.00. The molecule has 7 aromatic carbocycles. The number of fused-ring (bicyclic) bond motifs is 5. The van der Waals surface area contributed by atoms with Gasteiger partial charge in [0, 0.05) is 39.1 Å². The Kier molecular flexibility index (Phi) is 6.39. The van der Waals surface area contributed by atoms with Crippen LogP contribution >= 0.6 is 0 Å². The third kappa shape index (κ3) is 4.73. The Morgan fingerprint density at radius 3 is 1.64 bits per heavy atom. The maximum Gasteiger partial charge on any atom is 0.227 e. The molecule has 3 aromatic heterocycles. The van der Waals surface area contributed by atoms with Gasteiger partial charge in [-0.3, -0.25) is 0 Å². The van der Waals surface area contributed by atoms with Gasteiger partial charge in [0.15, 0.2) is 23.1 Å². The highest BCUT2D eigenvalue weighted by atomic mass is 16.4. The van der Waals surface area contributed by atoms with E-state index in [0.717, 1.165) is 71.6 Å². The van der Waals surface area contributed by atoms with Crippen LogP contribution in [-0.2, 0) is 0 Å². The minimum absolute atomic E-state index is 0.562. The van der Waals surface area contributed by atoms with E-state index in [4.69, 9.17) is 28.8 Å². The summed E-state index contributed by atoms with van der Waals surface area (Å²) in [6.45, 7) is 0. The summed E-state index contributed by atoms with van der Waals surface area (Å²) < 4.78 is 12.4. The summed E-state index contributed by atoms with van der Waals surface area (Å²) in [7, 11) is 0. The average Bonchev–Trinajstić information content (AvgIpc) is 3.78. The van der Waals surface area contributed by atoms with Gasteiger partial charge in [-0.05, 0) is 52.2 Å². The minimum Gasteiger partial charge on any atom is -0.456 e. The number of furan rings is 1. The van der Waals surface area contributed by atoms with Crippen molar-refractivity contribution < 1.29 is 8.83 Å². The lowest BCUT2D eigenvalue weighted by molar-refractivity contribution is 0.617. The van der Waals surface area contributed by atoms with Crippen molar-refractivity contribution in [1.82, 2.24) is 19.9 Å². The highest BCUT2D eigenvalue weighted by Gasteiger charge is 2.18. The summed E-state index contributed by atoms with van der Waals surface area (Å²) in [4.78, 5) is 19.8. The zero-order chi connectivity index (χ0) is 33.0. The van der Waals surface area contributed by atoms with Gasteiger partial charge in [-0.15, -0.1) is 0 Å². The van der Waals surface area contributed by atoms with Crippen molar-refractivity contribution in [3.8, 4) is 56.7 Å². The van der Waals surface area contributed by atoms with E-state index in [0.29, 0.717) is 28.9 Å². The number of benzene rings is 7. The van der Waals surface area contributed by atoms with Crippen molar-refractivity contribution in [1.29, 1.82) is 0 Å². The van der Waals surface area contributed by atoms with Gasteiger partial charge >= 0.3 is 0 Å². The zero-order valence-corrected chi connectivity index (χ0v) is 26.6. The number of para-hydroxylation sites is 1. The highest BCUT2D eigenvalue weighted by Crippen LogP contribution is 2.38. The van der Waals surface area contributed by atoms with Crippen LogP contribution in [0.25, 0.3) is 101 Å². The minimum atomic E-state index is 0.562. The van der Waals surface area contributed by atoms with Gasteiger partial charge < -0.3 is 8.83 Å². The van der Waals surface area contributed by atoms with E-state index in [1.807, 2.05) is 103 Å². The van der Waals surface area contributed by atoms with E-state index in [1.54, 1.807) is 0 Å². The summed E-state index contributed by atoms with van der Waals surface area (Å²) in [6.07, 6.45) is 0. The molecular weight excluding hydrogens is 617 g/mol. The second-order valence-corrected chi connectivity index (χ2v) is 12.3. The van der Waals surface area contributed by atoms with E-state index in [2.05, 4.69) is 54.6 Å². The monoisotopic (exact) mass is 642 g/mol. The summed E-state index contributed by atoms with van der Waals surface area (Å²) in [6, 6.07) is 53.1. The van der Waals surface area contributed by atoms with Gasteiger partial charge in [0.2, 0.25) is 5.89 Å². The number of oxazole rings is 1. The molecule has 0 bridgehead atoms. The summed E-state index contributed by atoms with van der Waals surface area (Å²) in [5.41, 5.74) is 8.97. The first kappa shape index (κ1) is 28.1. The van der Waals surface area contributed by atoms with Crippen LogP contribution in [0, 0.1) is 0 Å². The fourth-order valence-corrected chi connectivity index (χ4v) is 6.76. The fraction of sp³-hybridized carbons (Fsp3) is 0. The van der Waals surface area contributed by atoms with Crippen molar-refractivity contribution in [3.63, 3.8) is 0 Å². The molecule has 6 heteroatoms. The van der Waals surface area contributed by atoms with E-state index in [9.17, 15) is 0 Å². The van der Waals surface area contributed by atoms with Gasteiger partial charge in [-0.25, -0.2) is 19.9 Å². The van der Waals surface area contributed by atoms with Crippen LogP contribution in [-0.4, -0.2) is 19.9 Å². The number of rotatable bonds is 5. The summed E-state index contributed by atoms with van der Waals surface area (Å²) in [5.74, 6) is 2.45. The molecule has 0 atom stereocenters. The third-order valence-corrected chi connectivity index (χ3v) is 9.17. The molecule has 0 aliphatic carbocycles. The van der Waals surface area contributed by atoms with Crippen molar-refractivity contribution in [2.24, 2.45) is 0 Å². The largest absolute Gasteiger partial charge is 0.456 e. The van der Waals surface area contributed by atoms with Crippen molar-refractivity contribution in [2.45, 2.75) is 0 Å². The summed E-state index contributed by atoms with van der Waals surface area (Å²) >= 11 is 0. The molecule has 0 saturated carbocycles. The van der Waals surface area contributed by atoms with E-state index < -0.39 is 0 Å². The Balaban J connectivity index is 1.08. The predicted molar refractivity (Wildman–Crippen MR) is 199 cm³/mol. The van der Waals surface area contributed by atoms with Crippen molar-refractivity contribution in [2.75, 3.05) is 0 Å². The first-order valence-corrected chi connectivity index (χ1v) is 16.5. The average molecular weight is 643 g/mol. The van der Waals surface area contributed by atoms with Gasteiger partial charge in [0.25, 0.3) is 0 Å². The van der Waals surface area contributed by atoms with E-state index in [-0.39, 0.29) is 0 Å². The van der Waals surface area contributed by atoms with E-state index >= 15 is 0 Å². The quantitative estimate of drug-likeness (QED) is 0.186. The van der Waals surface area contributed by atoms with Crippen LogP contribution in [0.3, 0.4) is 0 Å². The molecule has 0 saturated heterocycles. The van der Waals surface area contributed by atoms with Gasteiger partial charge in [-0.2, -0.15) is 0 Å². The second kappa shape index (κ2) is 11.4. The zero-order valence-electron chi connectivity index (χ0n) is 26.6. The molecule has 6 nitrogen and oxygen atoms in total. The molecule has 3 heterocycles. The number of aromatic nitrogens is 4. The number of hydrogen-bond acceptors (Lipinski definition) is 6. The normalized spacial score (nSPS) is 11.6. The number of hydrogen-bond donors (Lipinski definition) is 0. The second-order valence-electron chi connectivity index (χ2n) is 12.3. The molecule has 0 spiro atoms. The van der Waals surface area contributed by atoms with Gasteiger partial charge in [-0.1, -0.05) is 121 Å². The molecule has 10 aromatic rings. The van der Waals surface area contributed by atoms with Gasteiger partial charge in [0.1, 0.15) is 16.7 Å². The number of nitrogens with zero attached hydrogens (tertiary/aromatic N) is 4. The Morgan fingerprint density at radius 2 is 0.900 bits per heavy atom. The fourth-order valence-electron chi connectivity index (χ4n) is 6.76. The Morgan fingerprint density at radius 1 is 0.320 bits per heavy atom. The molecule has 234 valence electrons. The van der Waals surface area contributed by atoms with Crippen LogP contribution in [0.15, 0.2) is 167 Å². The molecule has 0 amide bonds. The van der Waals surface area contributed by atoms with Crippen LogP contribution in [0.2, 0.25) is 0 Å². The summed E-state index contributed by atoms with van der Waals surface area (Å²) in [5, 5.41) is 4.24. The molecule has 0 radical (unpaired) electrons. The lowest BCUT2D eigenvalue weighted by atomic mass is 9.94. The van der Waals surface area contributed by atoms with Crippen molar-refractivity contribution >= 4 is 43.8 Å². The molecule has 10 rings (SSSR count). The van der Waals surface area contributed by atoms with Gasteiger partial charge in [0.05, 0.1) is 0 Å². The molecule has 0 N–H and O–H groups in total. The molecule has 0 fully saturated rings. The first-order valence-electron chi connectivity index (χ1n) is 16.5. The molecular formula is C44H26N4O2. The molecule has 0 unspecified atom stereocenters. The Bertz CT molecular complexity index is 2820. The third-order valence-electron chi connectivity index (χ3n) is 9.17. The van der Waals surface area contributed by atoms with Crippen LogP contribution in [0.4, 0.5) is 0 Å². The van der Waals surface area contributed by atoms with Crippen LogP contribution in [0.1, 0.15) is 0 Å². The smallest absolute Gasteiger partial charge is 0.227 e. The standard InChI is InChI=1S/C44H26N4O2/c1-3-12-27(13-4-1)41-46-42(28-14-5-2-6-15-28)48-43(47-41)35-23-22-31(32-18-7-8-19-33(32)35)29-16-11-17-30(24-29)44-45-37-25-36-34-20-9-10-21-38(34)49-39(36)26-40(37)50-44/h1-26H. The Hall–Kier alpha value is -6.92. The maximum absolute atomic E-state index is 6.32. The predicted octanol–water partition coefficient (Wildman–Crippen LogP) is 11.4.